The van der Waals surface area contributed by atoms with E-state index >= 15 is 0 Å². The lowest BCUT2D eigenvalue weighted by molar-refractivity contribution is 0.235. The average Bonchev–Trinajstić information content (AvgIpc) is 2.63. The van der Waals surface area contributed by atoms with Gasteiger partial charge in [0.05, 0.1) is 11.9 Å². The molecule has 1 N–H and O–H groups in total. The normalized spacial score (nSPS) is 30.7. The molecule has 14 heavy (non-hydrogen) atoms. The van der Waals surface area contributed by atoms with Gasteiger partial charge in [0.2, 0.25) is 0 Å². The minimum Gasteiger partial charge on any atom is -0.368 e. The van der Waals surface area contributed by atoms with Crippen molar-refractivity contribution in [2.75, 3.05) is 24.5 Å². The maximum Gasteiger partial charge on any atom is 0.0553 e. The molecular weight excluding hydrogens is 174 g/mol. The van der Waals surface area contributed by atoms with Gasteiger partial charge in [-0.15, -0.1) is 0 Å². The molecule has 3 rings (SSSR count). The van der Waals surface area contributed by atoms with Crippen LogP contribution in [-0.4, -0.2) is 30.2 Å². The quantitative estimate of drug-likeness (QED) is 0.715. The highest BCUT2D eigenvalue weighted by molar-refractivity contribution is 5.46. The average molecular weight is 189 g/mol. The summed E-state index contributed by atoms with van der Waals surface area (Å²) in [5, 5.41) is 3.56. The van der Waals surface area contributed by atoms with Gasteiger partial charge in [0.15, 0.2) is 0 Å². The summed E-state index contributed by atoms with van der Waals surface area (Å²) in [5.41, 5.74) is 1.70. The minimum absolute atomic E-state index is 0.440. The monoisotopic (exact) mass is 189 g/mol. The Morgan fingerprint density at radius 1 is 1.43 bits per heavy atom. The van der Waals surface area contributed by atoms with Crippen LogP contribution in [0.1, 0.15) is 12.8 Å². The highest BCUT2D eigenvalue weighted by Gasteiger charge is 2.42. The Kier molecular flexibility index (Phi) is 1.74. The van der Waals surface area contributed by atoms with Crippen LogP contribution in [0.4, 0.5) is 5.69 Å². The predicted molar refractivity (Wildman–Crippen MR) is 56.4 cm³/mol. The van der Waals surface area contributed by atoms with Gasteiger partial charge < -0.3 is 10.2 Å². The van der Waals surface area contributed by atoms with Crippen molar-refractivity contribution in [1.82, 2.24) is 10.3 Å². The van der Waals surface area contributed by atoms with Gasteiger partial charge in [-0.25, -0.2) is 0 Å². The summed E-state index contributed by atoms with van der Waals surface area (Å²) in [6.45, 7) is 3.51. The first-order chi connectivity index (χ1) is 6.88. The van der Waals surface area contributed by atoms with Crippen LogP contribution in [-0.2, 0) is 0 Å². The van der Waals surface area contributed by atoms with Crippen LogP contribution in [0.5, 0.6) is 0 Å². The van der Waals surface area contributed by atoms with Crippen LogP contribution in [0.3, 0.4) is 0 Å². The van der Waals surface area contributed by atoms with Gasteiger partial charge in [0.25, 0.3) is 0 Å². The molecule has 1 spiro atoms. The van der Waals surface area contributed by atoms with E-state index in [0.717, 1.165) is 6.54 Å². The molecule has 0 amide bonds. The first-order valence-corrected chi connectivity index (χ1v) is 5.28. The van der Waals surface area contributed by atoms with E-state index in [2.05, 4.69) is 21.3 Å². The molecule has 3 heteroatoms. The van der Waals surface area contributed by atoms with Crippen LogP contribution < -0.4 is 10.2 Å². The standard InChI is InChI=1S/C11H15N3/c1-2-10(8-12-5-1)14-7-4-11(9-14)3-6-13-11/h1-2,5,8,13H,3-4,6-7,9H2. The molecule has 0 aromatic carbocycles. The molecule has 0 saturated carbocycles. The number of hydrogen-bond donors (Lipinski definition) is 1. The Bertz CT molecular complexity index is 319. The van der Waals surface area contributed by atoms with E-state index < -0.39 is 0 Å². The van der Waals surface area contributed by atoms with E-state index in [0.29, 0.717) is 5.54 Å². The van der Waals surface area contributed by atoms with Gasteiger partial charge in [0.1, 0.15) is 0 Å². The van der Waals surface area contributed by atoms with Crippen molar-refractivity contribution in [3.05, 3.63) is 24.5 Å². The van der Waals surface area contributed by atoms with E-state index in [-0.39, 0.29) is 0 Å². The second-order valence-corrected chi connectivity index (χ2v) is 4.34. The molecule has 0 radical (unpaired) electrons. The zero-order valence-corrected chi connectivity index (χ0v) is 8.24. The van der Waals surface area contributed by atoms with Crippen molar-refractivity contribution in [3.63, 3.8) is 0 Å². The number of hydrogen-bond acceptors (Lipinski definition) is 3. The predicted octanol–water partition coefficient (Wildman–Crippen LogP) is 1.02. The Hall–Kier alpha value is -1.09. The third-order valence-electron chi connectivity index (χ3n) is 3.47. The van der Waals surface area contributed by atoms with Crippen molar-refractivity contribution in [2.45, 2.75) is 18.4 Å². The topological polar surface area (TPSA) is 28.2 Å². The molecule has 2 saturated heterocycles. The Balaban J connectivity index is 1.76. The smallest absolute Gasteiger partial charge is 0.0553 e. The van der Waals surface area contributed by atoms with Crippen molar-refractivity contribution in [3.8, 4) is 0 Å². The lowest BCUT2D eigenvalue weighted by Gasteiger charge is -2.39. The fraction of sp³-hybridized carbons (Fsp3) is 0.545. The number of aromatic nitrogens is 1. The largest absolute Gasteiger partial charge is 0.368 e. The minimum atomic E-state index is 0.440. The van der Waals surface area contributed by atoms with Crippen LogP contribution in [0.25, 0.3) is 0 Å². The molecule has 1 unspecified atom stereocenters. The van der Waals surface area contributed by atoms with Gasteiger partial charge in [-0.2, -0.15) is 0 Å². The molecule has 0 aliphatic carbocycles. The summed E-state index contributed by atoms with van der Waals surface area (Å²) in [7, 11) is 0. The molecule has 2 aliphatic heterocycles. The van der Waals surface area contributed by atoms with Crippen molar-refractivity contribution in [2.24, 2.45) is 0 Å². The SMILES string of the molecule is c1cncc(N2CCC3(CCN3)C2)c1. The summed E-state index contributed by atoms with van der Waals surface area (Å²) >= 11 is 0. The fourth-order valence-corrected chi connectivity index (χ4v) is 2.46. The molecule has 3 nitrogen and oxygen atoms in total. The molecule has 1 atom stereocenters. The number of anilines is 1. The van der Waals surface area contributed by atoms with Crippen LogP contribution >= 0.6 is 0 Å². The molecule has 74 valence electrons. The van der Waals surface area contributed by atoms with Crippen molar-refractivity contribution < 1.29 is 0 Å². The molecule has 3 heterocycles. The number of pyridine rings is 1. The summed E-state index contributed by atoms with van der Waals surface area (Å²) in [4.78, 5) is 6.59. The zero-order valence-electron chi connectivity index (χ0n) is 8.24. The number of rotatable bonds is 1. The number of nitrogens with one attached hydrogen (secondary N) is 1. The summed E-state index contributed by atoms with van der Waals surface area (Å²) < 4.78 is 0. The van der Waals surface area contributed by atoms with E-state index in [1.165, 1.54) is 31.6 Å². The van der Waals surface area contributed by atoms with Crippen LogP contribution in [0, 0.1) is 0 Å². The van der Waals surface area contributed by atoms with E-state index in [1.54, 1.807) is 0 Å². The third-order valence-corrected chi connectivity index (χ3v) is 3.47. The van der Waals surface area contributed by atoms with E-state index in [1.807, 2.05) is 18.5 Å². The van der Waals surface area contributed by atoms with Crippen LogP contribution in [0.15, 0.2) is 24.5 Å². The Morgan fingerprint density at radius 3 is 2.93 bits per heavy atom. The molecule has 0 bridgehead atoms. The molecular formula is C11H15N3. The summed E-state index contributed by atoms with van der Waals surface area (Å²) in [5.74, 6) is 0. The third kappa shape index (κ3) is 1.20. The second-order valence-electron chi connectivity index (χ2n) is 4.34. The Labute approximate surface area is 84.1 Å². The fourth-order valence-electron chi connectivity index (χ4n) is 2.46. The van der Waals surface area contributed by atoms with Gasteiger partial charge in [0, 0.05) is 24.8 Å². The maximum absolute atomic E-state index is 4.16. The highest BCUT2D eigenvalue weighted by atomic mass is 15.2. The zero-order chi connectivity index (χ0) is 9.43. The van der Waals surface area contributed by atoms with Gasteiger partial charge in [-0.3, -0.25) is 4.98 Å². The number of nitrogens with zero attached hydrogens (tertiary/aromatic N) is 2. The van der Waals surface area contributed by atoms with Gasteiger partial charge in [-0.1, -0.05) is 0 Å². The Morgan fingerprint density at radius 2 is 2.36 bits per heavy atom. The second kappa shape index (κ2) is 2.95. The van der Waals surface area contributed by atoms with Crippen LogP contribution in [0.2, 0.25) is 0 Å². The van der Waals surface area contributed by atoms with Crippen molar-refractivity contribution in [1.29, 1.82) is 0 Å². The first-order valence-electron chi connectivity index (χ1n) is 5.28. The van der Waals surface area contributed by atoms with Gasteiger partial charge >= 0.3 is 0 Å². The first kappa shape index (κ1) is 8.24. The lowest BCUT2D eigenvalue weighted by atomic mass is 9.87. The molecule has 2 fully saturated rings. The van der Waals surface area contributed by atoms with Gasteiger partial charge in [-0.05, 0) is 31.5 Å². The summed E-state index contributed by atoms with van der Waals surface area (Å²) in [6, 6.07) is 4.15. The van der Waals surface area contributed by atoms with Crippen molar-refractivity contribution >= 4 is 5.69 Å². The molecule has 1 aromatic rings. The van der Waals surface area contributed by atoms with E-state index in [4.69, 9.17) is 0 Å². The molecule has 2 aliphatic rings. The molecule has 1 aromatic heterocycles. The highest BCUT2D eigenvalue weighted by Crippen LogP contribution is 2.32. The maximum atomic E-state index is 4.16. The lowest BCUT2D eigenvalue weighted by Crippen LogP contribution is -2.58. The summed E-state index contributed by atoms with van der Waals surface area (Å²) in [6.07, 6.45) is 6.40. The van der Waals surface area contributed by atoms with E-state index in [9.17, 15) is 0 Å².